The molecule has 0 spiro atoms. The van der Waals surface area contributed by atoms with E-state index in [4.69, 9.17) is 0 Å². The first-order valence-electron chi connectivity index (χ1n) is 9.74. The van der Waals surface area contributed by atoms with E-state index in [1.54, 1.807) is 11.1 Å². The number of allylic oxidation sites excluding steroid dienone is 2. The summed E-state index contributed by atoms with van der Waals surface area (Å²) in [7, 11) is 0. The Bertz CT molecular complexity index is 877. The predicted octanol–water partition coefficient (Wildman–Crippen LogP) is 6.82. The highest BCUT2D eigenvalue weighted by Crippen LogP contribution is 2.58. The number of hydrogen-bond donors (Lipinski definition) is 0. The van der Waals surface area contributed by atoms with Crippen LogP contribution in [0.2, 0.25) is 0 Å². The van der Waals surface area contributed by atoms with Crippen molar-refractivity contribution in [3.8, 4) is 0 Å². The molecule has 3 aliphatic rings. The summed E-state index contributed by atoms with van der Waals surface area (Å²) in [5.74, 6) is 2.75. The average molecular weight is 326 g/mol. The SMILES string of the molecule is C=Cc1cc2c(cc1C1CC1)C(C(C)c1ccc(C)cc1)=CC1CC21. The Morgan fingerprint density at radius 3 is 2.52 bits per heavy atom. The van der Waals surface area contributed by atoms with Crippen LogP contribution in [0.3, 0.4) is 0 Å². The van der Waals surface area contributed by atoms with Gasteiger partial charge >= 0.3 is 0 Å². The lowest BCUT2D eigenvalue weighted by Gasteiger charge is -2.25. The lowest BCUT2D eigenvalue weighted by atomic mass is 9.79. The lowest BCUT2D eigenvalue weighted by molar-refractivity contribution is 0.915. The summed E-state index contributed by atoms with van der Waals surface area (Å²) in [4.78, 5) is 0. The van der Waals surface area contributed by atoms with Gasteiger partial charge in [-0.05, 0) is 77.3 Å². The Balaban J connectivity index is 1.61. The van der Waals surface area contributed by atoms with E-state index in [0.29, 0.717) is 5.92 Å². The first kappa shape index (κ1) is 15.2. The van der Waals surface area contributed by atoms with Crippen LogP contribution in [0.25, 0.3) is 11.6 Å². The number of aryl methyl sites for hydroxylation is 1. The van der Waals surface area contributed by atoms with Crippen molar-refractivity contribution in [2.75, 3.05) is 0 Å². The molecule has 0 heterocycles. The van der Waals surface area contributed by atoms with Crippen LogP contribution in [-0.4, -0.2) is 0 Å². The van der Waals surface area contributed by atoms with Crippen molar-refractivity contribution in [1.82, 2.24) is 0 Å². The molecule has 3 atom stereocenters. The van der Waals surface area contributed by atoms with Gasteiger partial charge < -0.3 is 0 Å². The summed E-state index contributed by atoms with van der Waals surface area (Å²) >= 11 is 0. The van der Waals surface area contributed by atoms with E-state index in [1.165, 1.54) is 47.1 Å². The Kier molecular flexibility index (Phi) is 3.32. The Morgan fingerprint density at radius 1 is 1.08 bits per heavy atom. The minimum atomic E-state index is 0.461. The molecule has 25 heavy (non-hydrogen) atoms. The lowest BCUT2D eigenvalue weighted by Crippen LogP contribution is -2.07. The van der Waals surface area contributed by atoms with Gasteiger partial charge in [0, 0.05) is 5.92 Å². The molecule has 0 saturated heterocycles. The van der Waals surface area contributed by atoms with Gasteiger partial charge in [-0.3, -0.25) is 0 Å². The van der Waals surface area contributed by atoms with Crippen molar-refractivity contribution in [3.05, 3.63) is 82.4 Å². The van der Waals surface area contributed by atoms with E-state index in [-0.39, 0.29) is 0 Å². The number of hydrogen-bond acceptors (Lipinski definition) is 0. The minimum absolute atomic E-state index is 0.461. The van der Waals surface area contributed by atoms with Gasteiger partial charge in [-0.15, -0.1) is 0 Å². The Labute approximate surface area is 151 Å². The second-order valence-corrected chi connectivity index (χ2v) is 8.31. The van der Waals surface area contributed by atoms with Crippen molar-refractivity contribution >= 4 is 11.6 Å². The molecule has 3 unspecified atom stereocenters. The molecule has 0 radical (unpaired) electrons. The van der Waals surface area contributed by atoms with Gasteiger partial charge in [0.25, 0.3) is 0 Å². The molecule has 0 N–H and O–H groups in total. The fourth-order valence-corrected chi connectivity index (χ4v) is 4.62. The zero-order valence-electron chi connectivity index (χ0n) is 15.3. The normalized spacial score (nSPS) is 24.8. The van der Waals surface area contributed by atoms with Gasteiger partial charge in [-0.1, -0.05) is 67.6 Å². The summed E-state index contributed by atoms with van der Waals surface area (Å²) in [6.45, 7) is 8.62. The first-order valence-corrected chi connectivity index (χ1v) is 9.74. The molecule has 0 heteroatoms. The largest absolute Gasteiger partial charge is 0.0985 e. The van der Waals surface area contributed by atoms with Crippen LogP contribution in [0.5, 0.6) is 0 Å². The molecule has 126 valence electrons. The number of rotatable bonds is 4. The second kappa shape index (κ2) is 5.46. The smallest absolute Gasteiger partial charge is 0.00639 e. The molecular weight excluding hydrogens is 300 g/mol. The molecule has 0 amide bonds. The molecule has 0 aliphatic heterocycles. The van der Waals surface area contributed by atoms with Gasteiger partial charge in [0.1, 0.15) is 0 Å². The summed E-state index contributed by atoms with van der Waals surface area (Å²) in [5, 5.41) is 0. The van der Waals surface area contributed by atoms with Crippen molar-refractivity contribution in [1.29, 1.82) is 0 Å². The molecule has 2 fully saturated rings. The van der Waals surface area contributed by atoms with E-state index in [1.807, 2.05) is 0 Å². The summed E-state index contributed by atoms with van der Waals surface area (Å²) in [6, 6.07) is 14.1. The van der Waals surface area contributed by atoms with Crippen LogP contribution < -0.4 is 0 Å². The third-order valence-electron chi connectivity index (χ3n) is 6.48. The Hall–Kier alpha value is -2.08. The molecule has 2 aromatic rings. The van der Waals surface area contributed by atoms with Crippen LogP contribution in [-0.2, 0) is 0 Å². The average Bonchev–Trinajstić information content (AvgIpc) is 3.53. The van der Waals surface area contributed by atoms with Gasteiger partial charge in [-0.25, -0.2) is 0 Å². The van der Waals surface area contributed by atoms with Gasteiger partial charge in [-0.2, -0.15) is 0 Å². The van der Waals surface area contributed by atoms with E-state index in [2.05, 4.69) is 69.0 Å². The maximum Gasteiger partial charge on any atom is 0.00639 e. The standard InChI is InChI=1S/C25H26/c1-4-17-11-24-23-13-20(23)12-21(25(24)14-22(17)19-9-10-19)16(3)18-7-5-15(2)6-8-18/h4-8,11-12,14,16,19-20,23H,1,9-10,13H2,2-3H3. The van der Waals surface area contributed by atoms with E-state index in [9.17, 15) is 0 Å². The number of fused-ring (bicyclic) bond motifs is 3. The van der Waals surface area contributed by atoms with E-state index < -0.39 is 0 Å². The maximum absolute atomic E-state index is 4.08. The zero-order valence-corrected chi connectivity index (χ0v) is 15.3. The molecule has 5 rings (SSSR count). The summed E-state index contributed by atoms with van der Waals surface area (Å²) in [5.41, 5.74) is 10.4. The topological polar surface area (TPSA) is 0 Å². The molecule has 0 bridgehead atoms. The molecule has 0 aromatic heterocycles. The fraction of sp³-hybridized carbons (Fsp3) is 0.360. The van der Waals surface area contributed by atoms with Gasteiger partial charge in [0.05, 0.1) is 0 Å². The second-order valence-electron chi connectivity index (χ2n) is 8.31. The molecule has 2 aromatic carbocycles. The van der Waals surface area contributed by atoms with Gasteiger partial charge in [0.15, 0.2) is 0 Å². The van der Waals surface area contributed by atoms with E-state index >= 15 is 0 Å². The molecular formula is C25H26. The van der Waals surface area contributed by atoms with Gasteiger partial charge in [0.2, 0.25) is 0 Å². The van der Waals surface area contributed by atoms with Crippen molar-refractivity contribution in [2.45, 2.75) is 50.9 Å². The molecule has 0 nitrogen and oxygen atoms in total. The highest BCUT2D eigenvalue weighted by atomic mass is 14.5. The summed E-state index contributed by atoms with van der Waals surface area (Å²) in [6.07, 6.45) is 8.68. The van der Waals surface area contributed by atoms with Crippen LogP contribution in [0, 0.1) is 12.8 Å². The number of benzene rings is 2. The van der Waals surface area contributed by atoms with Crippen LogP contribution >= 0.6 is 0 Å². The molecule has 2 saturated carbocycles. The third kappa shape index (κ3) is 2.51. The van der Waals surface area contributed by atoms with Crippen molar-refractivity contribution < 1.29 is 0 Å². The Morgan fingerprint density at radius 2 is 1.84 bits per heavy atom. The predicted molar refractivity (Wildman–Crippen MR) is 107 cm³/mol. The van der Waals surface area contributed by atoms with Crippen molar-refractivity contribution in [3.63, 3.8) is 0 Å². The highest BCUT2D eigenvalue weighted by Gasteiger charge is 2.43. The summed E-state index contributed by atoms with van der Waals surface area (Å²) < 4.78 is 0. The maximum atomic E-state index is 4.08. The monoisotopic (exact) mass is 326 g/mol. The molecule has 3 aliphatic carbocycles. The highest BCUT2D eigenvalue weighted by molar-refractivity contribution is 5.79. The quantitative estimate of drug-likeness (QED) is 0.578. The third-order valence-corrected chi connectivity index (χ3v) is 6.48. The van der Waals surface area contributed by atoms with Crippen LogP contribution in [0.1, 0.15) is 77.3 Å². The van der Waals surface area contributed by atoms with Crippen LogP contribution in [0.4, 0.5) is 0 Å². The zero-order chi connectivity index (χ0) is 17.1. The van der Waals surface area contributed by atoms with Crippen LogP contribution in [0.15, 0.2) is 49.1 Å². The first-order chi connectivity index (χ1) is 12.2. The van der Waals surface area contributed by atoms with E-state index in [0.717, 1.165) is 17.8 Å². The fourth-order valence-electron chi connectivity index (χ4n) is 4.62. The van der Waals surface area contributed by atoms with Crippen molar-refractivity contribution in [2.24, 2.45) is 5.92 Å². The minimum Gasteiger partial charge on any atom is -0.0985 e.